The Morgan fingerprint density at radius 2 is 2.24 bits per heavy atom. The smallest absolute Gasteiger partial charge is 0.274 e. The molecule has 1 fully saturated rings. The average Bonchev–Trinajstić information content (AvgIpc) is 2.99. The van der Waals surface area contributed by atoms with E-state index in [2.05, 4.69) is 20.3 Å². The number of aromatic nitrogens is 5. The highest BCUT2D eigenvalue weighted by Crippen LogP contribution is 2.15. The molecule has 0 aliphatic carbocycles. The van der Waals surface area contributed by atoms with Crippen LogP contribution in [0.1, 0.15) is 16.2 Å². The highest BCUT2D eigenvalue weighted by molar-refractivity contribution is 5.92. The Labute approximate surface area is 144 Å². The molecule has 4 rings (SSSR count). The predicted molar refractivity (Wildman–Crippen MR) is 88.9 cm³/mol. The van der Waals surface area contributed by atoms with Gasteiger partial charge < -0.3 is 9.64 Å². The molecule has 1 atom stereocenters. The third-order valence-corrected chi connectivity index (χ3v) is 4.22. The Bertz CT molecular complexity index is 866. The van der Waals surface area contributed by atoms with Gasteiger partial charge in [-0.25, -0.2) is 9.50 Å². The van der Waals surface area contributed by atoms with Crippen LogP contribution < -0.4 is 0 Å². The molecule has 0 bridgehead atoms. The molecular formula is C17H18N6O2. The largest absolute Gasteiger partial charge is 0.379 e. The highest BCUT2D eigenvalue weighted by Gasteiger charge is 2.25. The van der Waals surface area contributed by atoms with Crippen molar-refractivity contribution in [1.82, 2.24) is 29.7 Å². The molecule has 1 aliphatic heterocycles. The van der Waals surface area contributed by atoms with Gasteiger partial charge in [-0.2, -0.15) is 10.2 Å². The van der Waals surface area contributed by atoms with Crippen molar-refractivity contribution in [3.63, 3.8) is 0 Å². The van der Waals surface area contributed by atoms with E-state index in [0.717, 1.165) is 17.8 Å². The molecule has 3 aromatic heterocycles. The van der Waals surface area contributed by atoms with Crippen LogP contribution in [0.2, 0.25) is 0 Å². The number of amides is 1. The van der Waals surface area contributed by atoms with E-state index in [4.69, 9.17) is 4.74 Å². The summed E-state index contributed by atoms with van der Waals surface area (Å²) < 4.78 is 7.45. The minimum Gasteiger partial charge on any atom is -0.379 e. The van der Waals surface area contributed by atoms with Crippen molar-refractivity contribution in [1.29, 1.82) is 0 Å². The fourth-order valence-electron chi connectivity index (χ4n) is 3.03. The van der Waals surface area contributed by atoms with Gasteiger partial charge in [0.2, 0.25) is 0 Å². The van der Waals surface area contributed by atoms with Gasteiger partial charge in [0.1, 0.15) is 0 Å². The van der Waals surface area contributed by atoms with E-state index < -0.39 is 0 Å². The summed E-state index contributed by atoms with van der Waals surface area (Å²) in [6.45, 7) is 2.29. The van der Waals surface area contributed by atoms with Crippen LogP contribution in [0.5, 0.6) is 0 Å². The molecular weight excluding hydrogens is 320 g/mol. The number of ether oxygens (including phenoxy) is 1. The summed E-state index contributed by atoms with van der Waals surface area (Å²) in [5.41, 5.74) is 2.13. The lowest BCUT2D eigenvalue weighted by atomic mass is 10.0. The van der Waals surface area contributed by atoms with Crippen molar-refractivity contribution >= 4 is 11.6 Å². The van der Waals surface area contributed by atoms with E-state index in [0.29, 0.717) is 32.0 Å². The first-order valence-corrected chi connectivity index (χ1v) is 8.23. The Morgan fingerprint density at radius 1 is 1.28 bits per heavy atom. The molecule has 3 aromatic rings. The lowest BCUT2D eigenvalue weighted by Crippen LogP contribution is -2.37. The number of nitrogens with zero attached hydrogens (tertiary/aromatic N) is 6. The molecule has 0 radical (unpaired) electrons. The third kappa shape index (κ3) is 3.48. The van der Waals surface area contributed by atoms with Crippen LogP contribution in [0, 0.1) is 5.92 Å². The van der Waals surface area contributed by atoms with Crippen molar-refractivity contribution in [2.45, 2.75) is 6.42 Å². The van der Waals surface area contributed by atoms with E-state index in [1.165, 1.54) is 0 Å². The molecule has 0 spiro atoms. The maximum Gasteiger partial charge on any atom is 0.274 e. The van der Waals surface area contributed by atoms with Crippen molar-refractivity contribution < 1.29 is 9.53 Å². The van der Waals surface area contributed by atoms with Crippen LogP contribution >= 0.6 is 0 Å². The van der Waals surface area contributed by atoms with Gasteiger partial charge in [0, 0.05) is 37.6 Å². The number of hydrogen-bond acceptors (Lipinski definition) is 6. The van der Waals surface area contributed by atoms with Gasteiger partial charge >= 0.3 is 0 Å². The van der Waals surface area contributed by atoms with E-state index in [9.17, 15) is 4.79 Å². The highest BCUT2D eigenvalue weighted by atomic mass is 16.5. The first-order chi connectivity index (χ1) is 12.3. The lowest BCUT2D eigenvalue weighted by molar-refractivity contribution is 0.0730. The predicted octanol–water partition coefficient (Wildman–Crippen LogP) is 0.851. The lowest BCUT2D eigenvalue weighted by Gasteiger charge is -2.23. The first-order valence-electron chi connectivity index (χ1n) is 8.23. The molecule has 0 unspecified atom stereocenters. The fraction of sp³-hybridized carbons (Fsp3) is 0.353. The van der Waals surface area contributed by atoms with Crippen molar-refractivity contribution in [3.05, 3.63) is 54.2 Å². The fourth-order valence-corrected chi connectivity index (χ4v) is 3.03. The van der Waals surface area contributed by atoms with Crippen molar-refractivity contribution in [3.8, 4) is 0 Å². The monoisotopic (exact) mass is 338 g/mol. The second-order valence-corrected chi connectivity index (χ2v) is 6.06. The van der Waals surface area contributed by atoms with Gasteiger partial charge in [-0.15, -0.1) is 5.10 Å². The second-order valence-electron chi connectivity index (χ2n) is 6.06. The minimum absolute atomic E-state index is 0.110. The SMILES string of the molecule is O=C(c1cccnn1)N1CCOC[C@H](Cc2ccc3nccn3n2)C1. The summed E-state index contributed by atoms with van der Waals surface area (Å²) in [5, 5.41) is 12.3. The third-order valence-electron chi connectivity index (χ3n) is 4.22. The van der Waals surface area contributed by atoms with Crippen LogP contribution in [0.4, 0.5) is 0 Å². The Kier molecular flexibility index (Phi) is 4.34. The van der Waals surface area contributed by atoms with E-state index in [1.807, 2.05) is 18.3 Å². The number of rotatable bonds is 3. The molecule has 0 saturated carbocycles. The summed E-state index contributed by atoms with van der Waals surface area (Å²) in [6.07, 6.45) is 5.84. The second kappa shape index (κ2) is 6.94. The normalized spacial score (nSPS) is 18.2. The first kappa shape index (κ1) is 15.6. The number of carbonyl (C=O) groups is 1. The summed E-state index contributed by atoms with van der Waals surface area (Å²) in [4.78, 5) is 18.6. The van der Waals surface area contributed by atoms with E-state index in [1.54, 1.807) is 33.9 Å². The molecule has 0 aromatic carbocycles. The van der Waals surface area contributed by atoms with Crippen molar-refractivity contribution in [2.24, 2.45) is 5.92 Å². The van der Waals surface area contributed by atoms with Gasteiger partial charge in [-0.3, -0.25) is 4.79 Å². The van der Waals surface area contributed by atoms with Gasteiger partial charge in [0.25, 0.3) is 5.91 Å². The van der Waals surface area contributed by atoms with Gasteiger partial charge in [0.05, 0.1) is 18.9 Å². The van der Waals surface area contributed by atoms with Crippen LogP contribution in [0.3, 0.4) is 0 Å². The zero-order valence-corrected chi connectivity index (χ0v) is 13.7. The Morgan fingerprint density at radius 3 is 3.12 bits per heavy atom. The molecule has 4 heterocycles. The van der Waals surface area contributed by atoms with Crippen LogP contribution in [-0.2, 0) is 11.2 Å². The average molecular weight is 338 g/mol. The summed E-state index contributed by atoms with van der Waals surface area (Å²) in [5.74, 6) is 0.0678. The molecule has 8 nitrogen and oxygen atoms in total. The quantitative estimate of drug-likeness (QED) is 0.704. The molecule has 25 heavy (non-hydrogen) atoms. The zero-order chi connectivity index (χ0) is 17.1. The van der Waals surface area contributed by atoms with Crippen LogP contribution in [-0.4, -0.2) is 61.9 Å². The van der Waals surface area contributed by atoms with Gasteiger partial charge in [0.15, 0.2) is 11.3 Å². The maximum atomic E-state index is 12.6. The minimum atomic E-state index is -0.110. The van der Waals surface area contributed by atoms with Crippen LogP contribution in [0.15, 0.2) is 42.9 Å². The number of carbonyl (C=O) groups excluding carboxylic acids is 1. The molecule has 1 aliphatic rings. The molecule has 8 heteroatoms. The molecule has 0 N–H and O–H groups in total. The van der Waals surface area contributed by atoms with Crippen LogP contribution in [0.25, 0.3) is 5.65 Å². The number of fused-ring (bicyclic) bond motifs is 1. The van der Waals surface area contributed by atoms with Crippen molar-refractivity contribution in [2.75, 3.05) is 26.3 Å². The Hall–Kier alpha value is -2.87. The summed E-state index contributed by atoms with van der Waals surface area (Å²) in [7, 11) is 0. The topological polar surface area (TPSA) is 85.5 Å². The standard InChI is InChI=1S/C17H18N6O2/c24-17(15-2-1-5-19-20-15)22-8-9-25-12-13(11-22)10-14-3-4-16-18-6-7-23(16)21-14/h1-7,13H,8-12H2/t13-/m1/s1. The summed E-state index contributed by atoms with van der Waals surface area (Å²) >= 11 is 0. The summed E-state index contributed by atoms with van der Waals surface area (Å²) in [6, 6.07) is 7.32. The number of hydrogen-bond donors (Lipinski definition) is 0. The maximum absolute atomic E-state index is 12.6. The molecule has 1 saturated heterocycles. The van der Waals surface area contributed by atoms with E-state index >= 15 is 0 Å². The zero-order valence-electron chi connectivity index (χ0n) is 13.7. The molecule has 1 amide bonds. The molecule has 128 valence electrons. The van der Waals surface area contributed by atoms with Gasteiger partial charge in [-0.05, 0) is 30.7 Å². The van der Waals surface area contributed by atoms with Gasteiger partial charge in [-0.1, -0.05) is 0 Å². The Balaban J connectivity index is 1.48. The number of imidazole rings is 1. The van der Waals surface area contributed by atoms with E-state index in [-0.39, 0.29) is 11.8 Å².